The summed E-state index contributed by atoms with van der Waals surface area (Å²) in [6.07, 6.45) is 2.73. The fourth-order valence-electron chi connectivity index (χ4n) is 2.67. The van der Waals surface area contributed by atoms with Crippen molar-refractivity contribution in [3.63, 3.8) is 0 Å². The van der Waals surface area contributed by atoms with E-state index < -0.39 is 0 Å². The van der Waals surface area contributed by atoms with Crippen LogP contribution in [-0.4, -0.2) is 31.6 Å². The Labute approximate surface area is 115 Å². The van der Waals surface area contributed by atoms with Gasteiger partial charge in [-0.05, 0) is 50.2 Å². The summed E-state index contributed by atoms with van der Waals surface area (Å²) in [4.78, 5) is 3.78. The number of hydrogen-bond donors (Lipinski definition) is 1. The van der Waals surface area contributed by atoms with Crippen LogP contribution < -0.4 is 5.32 Å². The first-order valence-corrected chi connectivity index (χ1v) is 7.89. The Balaban J connectivity index is 1.78. The van der Waals surface area contributed by atoms with Crippen molar-refractivity contribution in [1.29, 1.82) is 0 Å². The summed E-state index contributed by atoms with van der Waals surface area (Å²) in [5.74, 6) is 1.80. The second-order valence-corrected chi connectivity index (χ2v) is 7.05. The minimum Gasteiger partial charge on any atom is -0.312 e. The fraction of sp³-hybridized carbons (Fsp3) is 0.733. The Kier molecular flexibility index (Phi) is 4.82. The maximum absolute atomic E-state index is 3.74. The number of rotatable bonds is 6. The molecule has 1 aromatic rings. The highest BCUT2D eigenvalue weighted by Gasteiger charge is 2.31. The third-order valence-corrected chi connectivity index (χ3v) is 5.19. The highest BCUT2D eigenvalue weighted by atomic mass is 32.1. The molecular formula is C15H26N2S. The average molecular weight is 266 g/mol. The first-order chi connectivity index (χ1) is 8.58. The zero-order valence-corrected chi connectivity index (χ0v) is 12.8. The number of thiophene rings is 1. The summed E-state index contributed by atoms with van der Waals surface area (Å²) in [5.41, 5.74) is 0. The summed E-state index contributed by atoms with van der Waals surface area (Å²) in [5, 5.41) is 5.91. The summed E-state index contributed by atoms with van der Waals surface area (Å²) in [7, 11) is 4.34. The first kappa shape index (κ1) is 14.0. The average Bonchev–Trinajstić information content (AvgIpc) is 2.73. The molecule has 1 aliphatic carbocycles. The molecule has 0 amide bonds. The summed E-state index contributed by atoms with van der Waals surface area (Å²) in [6.45, 7) is 5.76. The summed E-state index contributed by atoms with van der Waals surface area (Å²) in [6, 6.07) is 5.66. The van der Waals surface area contributed by atoms with E-state index in [1.165, 1.54) is 17.7 Å². The molecule has 0 aromatic carbocycles. The maximum atomic E-state index is 3.74. The van der Waals surface area contributed by atoms with Crippen LogP contribution in [0.4, 0.5) is 0 Å². The Bertz CT molecular complexity index is 339. The molecule has 2 nitrogen and oxygen atoms in total. The van der Waals surface area contributed by atoms with Gasteiger partial charge in [-0.25, -0.2) is 0 Å². The van der Waals surface area contributed by atoms with Gasteiger partial charge in [-0.1, -0.05) is 19.9 Å². The number of nitrogens with zero attached hydrogens (tertiary/aromatic N) is 1. The van der Waals surface area contributed by atoms with Crippen molar-refractivity contribution in [2.45, 2.75) is 38.8 Å². The van der Waals surface area contributed by atoms with Gasteiger partial charge >= 0.3 is 0 Å². The Morgan fingerprint density at radius 3 is 2.61 bits per heavy atom. The molecule has 0 spiro atoms. The van der Waals surface area contributed by atoms with E-state index in [2.05, 4.69) is 55.7 Å². The molecule has 3 heteroatoms. The summed E-state index contributed by atoms with van der Waals surface area (Å²) >= 11 is 1.86. The third kappa shape index (κ3) is 3.34. The van der Waals surface area contributed by atoms with Gasteiger partial charge in [-0.3, -0.25) is 0 Å². The lowest BCUT2D eigenvalue weighted by atomic mass is 9.73. The minimum atomic E-state index is 0.517. The lowest BCUT2D eigenvalue weighted by molar-refractivity contribution is 0.157. The van der Waals surface area contributed by atoms with Gasteiger partial charge in [0.2, 0.25) is 0 Å². The van der Waals surface area contributed by atoms with Crippen molar-refractivity contribution in [1.82, 2.24) is 10.2 Å². The molecule has 102 valence electrons. The van der Waals surface area contributed by atoms with Crippen LogP contribution in [0.3, 0.4) is 0 Å². The van der Waals surface area contributed by atoms with E-state index in [4.69, 9.17) is 0 Å². The van der Waals surface area contributed by atoms with Crippen molar-refractivity contribution < 1.29 is 0 Å². The molecular weight excluding hydrogens is 240 g/mol. The minimum absolute atomic E-state index is 0.517. The van der Waals surface area contributed by atoms with Crippen molar-refractivity contribution in [2.75, 3.05) is 20.6 Å². The highest BCUT2D eigenvalue weighted by Crippen LogP contribution is 2.34. The van der Waals surface area contributed by atoms with Crippen molar-refractivity contribution in [2.24, 2.45) is 11.8 Å². The van der Waals surface area contributed by atoms with E-state index in [-0.39, 0.29) is 0 Å². The molecule has 1 aromatic heterocycles. The largest absolute Gasteiger partial charge is 0.312 e. The summed E-state index contributed by atoms with van der Waals surface area (Å²) < 4.78 is 0. The van der Waals surface area contributed by atoms with Crippen LogP contribution in [0, 0.1) is 11.8 Å². The quantitative estimate of drug-likeness (QED) is 0.849. The molecule has 1 aliphatic rings. The molecule has 0 bridgehead atoms. The topological polar surface area (TPSA) is 15.3 Å². The van der Waals surface area contributed by atoms with Crippen LogP contribution in [0.5, 0.6) is 0 Å². The van der Waals surface area contributed by atoms with Gasteiger partial charge in [-0.2, -0.15) is 0 Å². The lowest BCUT2D eigenvalue weighted by Gasteiger charge is -2.39. The van der Waals surface area contributed by atoms with Crippen LogP contribution in [0.1, 0.15) is 37.6 Å². The molecule has 1 N–H and O–H groups in total. The SMILES string of the molecule is CC(C)C1CC(NCC(c2cccs2)N(C)C)C1. The molecule has 1 fully saturated rings. The Morgan fingerprint density at radius 1 is 1.39 bits per heavy atom. The van der Waals surface area contributed by atoms with Gasteiger partial charge in [0.1, 0.15) is 0 Å². The van der Waals surface area contributed by atoms with E-state index in [0.717, 1.165) is 24.4 Å². The van der Waals surface area contributed by atoms with Gasteiger partial charge in [-0.15, -0.1) is 11.3 Å². The van der Waals surface area contributed by atoms with E-state index in [1.807, 2.05) is 11.3 Å². The highest BCUT2D eigenvalue weighted by molar-refractivity contribution is 7.10. The molecule has 0 saturated heterocycles. The van der Waals surface area contributed by atoms with Gasteiger partial charge in [0.25, 0.3) is 0 Å². The number of nitrogens with one attached hydrogen (secondary N) is 1. The van der Waals surface area contributed by atoms with Gasteiger partial charge in [0.05, 0.1) is 6.04 Å². The van der Waals surface area contributed by atoms with Crippen LogP contribution in [0.2, 0.25) is 0 Å². The molecule has 2 rings (SSSR count). The van der Waals surface area contributed by atoms with Crippen molar-refractivity contribution in [3.05, 3.63) is 22.4 Å². The second-order valence-electron chi connectivity index (χ2n) is 6.08. The van der Waals surface area contributed by atoms with Crippen LogP contribution in [0.15, 0.2) is 17.5 Å². The predicted molar refractivity (Wildman–Crippen MR) is 80.1 cm³/mol. The molecule has 18 heavy (non-hydrogen) atoms. The number of likely N-dealkylation sites (N-methyl/N-ethyl adjacent to an activating group) is 1. The van der Waals surface area contributed by atoms with Crippen LogP contribution >= 0.6 is 11.3 Å². The molecule has 1 saturated carbocycles. The maximum Gasteiger partial charge on any atom is 0.0561 e. The zero-order chi connectivity index (χ0) is 13.1. The normalized spacial score (nSPS) is 25.4. The molecule has 1 heterocycles. The monoisotopic (exact) mass is 266 g/mol. The zero-order valence-electron chi connectivity index (χ0n) is 12.0. The van der Waals surface area contributed by atoms with Crippen LogP contribution in [0.25, 0.3) is 0 Å². The predicted octanol–water partition coefficient (Wildman–Crippen LogP) is 3.38. The standard InChI is InChI=1S/C15H26N2S/c1-11(2)12-8-13(9-12)16-10-14(17(3)4)15-6-5-7-18-15/h5-7,11-14,16H,8-10H2,1-4H3. The van der Waals surface area contributed by atoms with Crippen molar-refractivity contribution in [3.8, 4) is 0 Å². The molecule has 0 aliphatic heterocycles. The van der Waals surface area contributed by atoms with Gasteiger partial charge in [0, 0.05) is 17.5 Å². The Morgan fingerprint density at radius 2 is 2.11 bits per heavy atom. The molecule has 1 unspecified atom stereocenters. The molecule has 0 radical (unpaired) electrons. The van der Waals surface area contributed by atoms with Gasteiger partial charge < -0.3 is 10.2 Å². The molecule has 1 atom stereocenters. The van der Waals surface area contributed by atoms with Crippen LogP contribution in [-0.2, 0) is 0 Å². The fourth-order valence-corrected chi connectivity index (χ4v) is 3.59. The second kappa shape index (κ2) is 6.18. The van der Waals surface area contributed by atoms with Crippen molar-refractivity contribution >= 4 is 11.3 Å². The lowest BCUT2D eigenvalue weighted by Crippen LogP contribution is -2.45. The van der Waals surface area contributed by atoms with E-state index >= 15 is 0 Å². The smallest absolute Gasteiger partial charge is 0.0561 e. The van der Waals surface area contributed by atoms with E-state index in [0.29, 0.717) is 6.04 Å². The third-order valence-electron chi connectivity index (χ3n) is 4.21. The van der Waals surface area contributed by atoms with Gasteiger partial charge in [0.15, 0.2) is 0 Å². The van der Waals surface area contributed by atoms with E-state index in [9.17, 15) is 0 Å². The first-order valence-electron chi connectivity index (χ1n) is 7.01. The Hall–Kier alpha value is -0.380. The van der Waals surface area contributed by atoms with E-state index in [1.54, 1.807) is 0 Å². The number of hydrogen-bond acceptors (Lipinski definition) is 3.